The number of nitrogens with two attached hydrogens (primary N) is 1. The fourth-order valence-electron chi connectivity index (χ4n) is 3.75. The van der Waals surface area contributed by atoms with Crippen molar-refractivity contribution >= 4 is 16.9 Å². The second kappa shape index (κ2) is 6.26. The summed E-state index contributed by atoms with van der Waals surface area (Å²) in [4.78, 5) is 15.8. The van der Waals surface area contributed by atoms with Gasteiger partial charge in [-0.1, -0.05) is 30.3 Å². The van der Waals surface area contributed by atoms with Crippen molar-refractivity contribution in [3.8, 4) is 5.75 Å². The van der Waals surface area contributed by atoms with Crippen molar-refractivity contribution in [1.82, 2.24) is 4.98 Å². The van der Waals surface area contributed by atoms with Crippen LogP contribution in [0.5, 0.6) is 5.75 Å². The van der Waals surface area contributed by atoms with E-state index in [0.717, 1.165) is 22.5 Å². The third-order valence-electron chi connectivity index (χ3n) is 4.96. The number of esters is 1. The molecule has 128 valence electrons. The van der Waals surface area contributed by atoms with Gasteiger partial charge in [0.25, 0.3) is 0 Å². The van der Waals surface area contributed by atoms with Crippen LogP contribution in [-0.4, -0.2) is 31.2 Å². The van der Waals surface area contributed by atoms with Gasteiger partial charge in [-0.05, 0) is 23.8 Å². The van der Waals surface area contributed by atoms with E-state index in [1.165, 1.54) is 18.1 Å². The molecule has 0 spiro atoms. The molecule has 3 aromatic rings. The molecule has 0 saturated heterocycles. The molecule has 1 aliphatic heterocycles. The molecule has 1 aliphatic rings. The van der Waals surface area contributed by atoms with Gasteiger partial charge in [-0.2, -0.15) is 0 Å². The number of methoxy groups -OCH3 is 2. The van der Waals surface area contributed by atoms with Crippen molar-refractivity contribution in [3.63, 3.8) is 0 Å². The van der Waals surface area contributed by atoms with Gasteiger partial charge >= 0.3 is 5.97 Å². The summed E-state index contributed by atoms with van der Waals surface area (Å²) in [6, 6.07) is 16.0. The average molecular weight is 337 g/mol. The van der Waals surface area contributed by atoms with Crippen molar-refractivity contribution in [3.05, 3.63) is 65.4 Å². The first kappa shape index (κ1) is 15.7. The summed E-state index contributed by atoms with van der Waals surface area (Å²) in [5.74, 6) is 0.618. The number of H-pyrrole nitrogens is 1. The van der Waals surface area contributed by atoms with Crippen molar-refractivity contribution in [2.75, 3.05) is 14.2 Å². The lowest BCUT2D eigenvalue weighted by molar-refractivity contribution is -0.712. The minimum atomic E-state index is -0.257. The molecule has 1 aromatic heterocycles. The van der Waals surface area contributed by atoms with Crippen LogP contribution in [0.1, 0.15) is 22.9 Å². The van der Waals surface area contributed by atoms with E-state index in [-0.39, 0.29) is 18.1 Å². The second-order valence-electron chi connectivity index (χ2n) is 6.34. The number of hydrogen-bond acceptors (Lipinski definition) is 3. The lowest BCUT2D eigenvalue weighted by atomic mass is 9.90. The molecule has 5 nitrogen and oxygen atoms in total. The van der Waals surface area contributed by atoms with E-state index >= 15 is 0 Å². The lowest BCUT2D eigenvalue weighted by Crippen LogP contribution is -2.94. The van der Waals surface area contributed by atoms with E-state index in [2.05, 4.69) is 28.5 Å². The third-order valence-corrected chi connectivity index (χ3v) is 4.96. The number of carbonyl (C=O) groups is 1. The van der Waals surface area contributed by atoms with Gasteiger partial charge in [0.15, 0.2) is 12.1 Å². The van der Waals surface area contributed by atoms with E-state index in [0.29, 0.717) is 6.42 Å². The fourth-order valence-corrected chi connectivity index (χ4v) is 3.75. The van der Waals surface area contributed by atoms with Crippen LogP contribution in [0.3, 0.4) is 0 Å². The number of aromatic nitrogens is 1. The minimum absolute atomic E-state index is 0.00431. The van der Waals surface area contributed by atoms with Gasteiger partial charge in [0.05, 0.1) is 19.9 Å². The van der Waals surface area contributed by atoms with Gasteiger partial charge in [-0.15, -0.1) is 0 Å². The predicted molar refractivity (Wildman–Crippen MR) is 94.6 cm³/mol. The summed E-state index contributed by atoms with van der Waals surface area (Å²) >= 11 is 0. The molecule has 4 rings (SSSR count). The third kappa shape index (κ3) is 2.66. The summed E-state index contributed by atoms with van der Waals surface area (Å²) in [5.41, 5.74) is 4.54. The Bertz CT molecular complexity index is 932. The molecular weight excluding hydrogens is 316 g/mol. The number of quaternary nitrogens is 1. The first-order chi connectivity index (χ1) is 12.2. The van der Waals surface area contributed by atoms with Crippen LogP contribution < -0.4 is 10.1 Å². The second-order valence-corrected chi connectivity index (χ2v) is 6.34. The highest BCUT2D eigenvalue weighted by atomic mass is 16.5. The zero-order valence-electron chi connectivity index (χ0n) is 14.3. The number of hydrogen-bond donors (Lipinski definition) is 2. The highest BCUT2D eigenvalue weighted by Crippen LogP contribution is 2.32. The van der Waals surface area contributed by atoms with Crippen LogP contribution in [-0.2, 0) is 16.0 Å². The van der Waals surface area contributed by atoms with Crippen LogP contribution in [0.25, 0.3) is 10.9 Å². The first-order valence-corrected chi connectivity index (χ1v) is 8.37. The van der Waals surface area contributed by atoms with E-state index < -0.39 is 0 Å². The largest absolute Gasteiger partial charge is 0.497 e. The maximum absolute atomic E-state index is 12.2. The predicted octanol–water partition coefficient (Wildman–Crippen LogP) is 1.93. The molecule has 0 radical (unpaired) electrons. The Morgan fingerprint density at radius 2 is 2.00 bits per heavy atom. The smallest absolute Gasteiger partial charge is 0.364 e. The van der Waals surface area contributed by atoms with Crippen molar-refractivity contribution in [2.24, 2.45) is 0 Å². The summed E-state index contributed by atoms with van der Waals surface area (Å²) in [6.07, 6.45) is 0.659. The molecule has 0 amide bonds. The van der Waals surface area contributed by atoms with E-state index in [9.17, 15) is 4.79 Å². The molecular formula is C20H21N2O3+. The number of ether oxygens (including phenoxy) is 2. The van der Waals surface area contributed by atoms with Gasteiger partial charge in [0.2, 0.25) is 0 Å². The number of fused-ring (bicyclic) bond motifs is 3. The van der Waals surface area contributed by atoms with Gasteiger partial charge in [0.1, 0.15) is 5.75 Å². The summed E-state index contributed by atoms with van der Waals surface area (Å²) in [5, 5.41) is 3.26. The molecule has 25 heavy (non-hydrogen) atoms. The Labute approximate surface area is 146 Å². The number of rotatable bonds is 3. The molecule has 0 fully saturated rings. The number of nitrogens with one attached hydrogen (secondary N) is 1. The van der Waals surface area contributed by atoms with Crippen LogP contribution in [0.4, 0.5) is 0 Å². The number of benzene rings is 2. The quantitative estimate of drug-likeness (QED) is 0.718. The molecule has 0 aliphatic carbocycles. The van der Waals surface area contributed by atoms with Gasteiger partial charge in [0, 0.05) is 22.9 Å². The molecule has 0 bridgehead atoms. The highest BCUT2D eigenvalue weighted by Gasteiger charge is 2.38. The lowest BCUT2D eigenvalue weighted by Gasteiger charge is -2.27. The zero-order chi connectivity index (χ0) is 17.4. The molecule has 2 aromatic carbocycles. The van der Waals surface area contributed by atoms with Crippen LogP contribution in [0.2, 0.25) is 0 Å². The number of carbonyl (C=O) groups excluding carboxylic acids is 1. The van der Waals surface area contributed by atoms with Gasteiger partial charge in [-0.3, -0.25) is 0 Å². The van der Waals surface area contributed by atoms with Crippen molar-refractivity contribution in [2.45, 2.75) is 18.5 Å². The SMILES string of the molecule is COC(=O)[C@@H]1Cc2c([nH]c3ccccc23)[C@@H](c2cccc(OC)c2)[NH2+]1. The Hall–Kier alpha value is -2.79. The van der Waals surface area contributed by atoms with E-state index in [4.69, 9.17) is 9.47 Å². The topological polar surface area (TPSA) is 67.9 Å². The molecule has 0 unspecified atom stereocenters. The number of aromatic amines is 1. The zero-order valence-corrected chi connectivity index (χ0v) is 14.3. The maximum atomic E-state index is 12.2. The normalized spacial score (nSPS) is 19.4. The first-order valence-electron chi connectivity index (χ1n) is 8.37. The van der Waals surface area contributed by atoms with Crippen molar-refractivity contribution in [1.29, 1.82) is 0 Å². The number of para-hydroxylation sites is 1. The highest BCUT2D eigenvalue weighted by molar-refractivity contribution is 5.86. The minimum Gasteiger partial charge on any atom is -0.497 e. The Kier molecular flexibility index (Phi) is 3.93. The van der Waals surface area contributed by atoms with Gasteiger partial charge < -0.3 is 19.8 Å². The summed E-state index contributed by atoms with van der Waals surface area (Å²) < 4.78 is 10.4. The van der Waals surface area contributed by atoms with E-state index in [1.807, 2.05) is 30.3 Å². The monoisotopic (exact) mass is 337 g/mol. The maximum Gasteiger partial charge on any atom is 0.364 e. The average Bonchev–Trinajstić information content (AvgIpc) is 3.05. The molecule has 5 heteroatoms. The van der Waals surface area contributed by atoms with Gasteiger partial charge in [-0.25, -0.2) is 4.79 Å². The van der Waals surface area contributed by atoms with Crippen LogP contribution >= 0.6 is 0 Å². The van der Waals surface area contributed by atoms with Crippen LogP contribution in [0.15, 0.2) is 48.5 Å². The van der Waals surface area contributed by atoms with Crippen molar-refractivity contribution < 1.29 is 19.6 Å². The summed E-state index contributed by atoms with van der Waals surface area (Å²) in [7, 11) is 3.11. The Morgan fingerprint density at radius 3 is 2.80 bits per heavy atom. The fraction of sp³-hybridized carbons (Fsp3) is 0.250. The molecule has 3 N–H and O–H groups in total. The summed E-state index contributed by atoms with van der Waals surface area (Å²) in [6.45, 7) is 0. The standard InChI is InChI=1S/C20H20N2O3/c1-24-13-7-5-6-12(10-13)18-19-15(11-17(22-18)20(23)25-2)14-8-3-4-9-16(14)21-19/h3-10,17-18,21-22H,11H2,1-2H3/p+1/t17-,18+/m0/s1. The molecule has 2 heterocycles. The van der Waals surface area contributed by atoms with E-state index in [1.54, 1.807) is 7.11 Å². The molecule has 0 saturated carbocycles. The Balaban J connectivity index is 1.87. The Morgan fingerprint density at radius 1 is 1.16 bits per heavy atom. The van der Waals surface area contributed by atoms with Crippen LogP contribution in [0, 0.1) is 0 Å². The molecule has 2 atom stereocenters.